The van der Waals surface area contributed by atoms with E-state index in [1.165, 1.54) is 6.92 Å². The highest BCUT2D eigenvalue weighted by molar-refractivity contribution is 7.38. The van der Waals surface area contributed by atoms with Crippen LogP contribution < -0.4 is 0 Å². The van der Waals surface area contributed by atoms with Crippen LogP contribution in [-0.2, 0) is 11.6 Å². The summed E-state index contributed by atoms with van der Waals surface area (Å²) in [5, 5.41) is -1.57. The zero-order valence-electron chi connectivity index (χ0n) is 8.93. The van der Waals surface area contributed by atoms with Gasteiger partial charge in [0.25, 0.3) is 0 Å². The molecule has 0 spiro atoms. The Morgan fingerprint density at radius 2 is 2.00 bits per heavy atom. The molecular formula is C11H16F2P2. The topological polar surface area (TPSA) is 0 Å². The summed E-state index contributed by atoms with van der Waals surface area (Å²) in [4.78, 5) is 0. The van der Waals surface area contributed by atoms with Crippen molar-refractivity contribution < 1.29 is 8.78 Å². The molecule has 0 nitrogen and oxygen atoms in total. The van der Waals surface area contributed by atoms with Gasteiger partial charge in [-0.15, -0.1) is 0 Å². The van der Waals surface area contributed by atoms with E-state index in [1.54, 1.807) is 18.2 Å². The van der Waals surface area contributed by atoms with E-state index in [4.69, 9.17) is 0 Å². The minimum atomic E-state index is -1.57. The molecule has 0 heterocycles. The zero-order chi connectivity index (χ0) is 11.6. The number of aryl methyl sites for hydroxylation is 1. The van der Waals surface area contributed by atoms with Gasteiger partial charge in [-0.1, -0.05) is 37.5 Å². The molecule has 0 aliphatic heterocycles. The van der Waals surface area contributed by atoms with Crippen molar-refractivity contribution in [2.24, 2.45) is 0 Å². The summed E-state index contributed by atoms with van der Waals surface area (Å²) < 4.78 is 26.9. The van der Waals surface area contributed by atoms with E-state index >= 15 is 0 Å². The van der Waals surface area contributed by atoms with Gasteiger partial charge in [0.2, 0.25) is 0 Å². The first-order valence-corrected chi connectivity index (χ1v) is 6.05. The van der Waals surface area contributed by atoms with Crippen LogP contribution in [0.3, 0.4) is 0 Å². The number of halogens is 2. The SMILES string of the molecule is CCc1ccc(C(C)F)cc1C(F)(P)P. The standard InChI is InChI=1S/C11H16F2P2/c1-3-8-4-5-9(7(2)12)6-10(8)11(13,14)15/h4-7H,3,14-15H2,1-2H3. The van der Waals surface area contributed by atoms with Gasteiger partial charge < -0.3 is 0 Å². The van der Waals surface area contributed by atoms with E-state index in [0.717, 1.165) is 12.0 Å². The molecule has 0 saturated carbocycles. The Balaban J connectivity index is 3.26. The predicted octanol–water partition coefficient (Wildman–Crippen LogP) is 4.11. The highest BCUT2D eigenvalue weighted by atomic mass is 31.1. The van der Waals surface area contributed by atoms with Crippen molar-refractivity contribution in [1.82, 2.24) is 0 Å². The summed E-state index contributed by atoms with van der Waals surface area (Å²) in [6.07, 6.45) is -0.322. The average molecular weight is 248 g/mol. The smallest absolute Gasteiger partial charge is 0.160 e. The van der Waals surface area contributed by atoms with Crippen molar-refractivity contribution in [3.05, 3.63) is 34.9 Å². The molecule has 0 bridgehead atoms. The first kappa shape index (κ1) is 13.0. The van der Waals surface area contributed by atoms with Crippen LogP contribution in [0.1, 0.15) is 36.7 Å². The fourth-order valence-electron chi connectivity index (χ4n) is 1.51. The van der Waals surface area contributed by atoms with Gasteiger partial charge in [0.1, 0.15) is 6.17 Å². The Labute approximate surface area is 94.2 Å². The van der Waals surface area contributed by atoms with Gasteiger partial charge in [0.05, 0.1) is 0 Å². The minimum absolute atomic E-state index is 0.522. The van der Waals surface area contributed by atoms with Gasteiger partial charge in [-0.2, -0.15) is 0 Å². The molecule has 1 aromatic carbocycles. The summed E-state index contributed by atoms with van der Waals surface area (Å²) >= 11 is 0. The van der Waals surface area contributed by atoms with Gasteiger partial charge in [0.15, 0.2) is 5.15 Å². The Kier molecular flexibility index (Phi) is 4.20. The first-order valence-electron chi connectivity index (χ1n) is 4.90. The third-order valence-electron chi connectivity index (χ3n) is 2.39. The Hall–Kier alpha value is -0.0600. The second-order valence-electron chi connectivity index (χ2n) is 3.65. The van der Waals surface area contributed by atoms with Crippen molar-refractivity contribution in [1.29, 1.82) is 0 Å². The lowest BCUT2D eigenvalue weighted by molar-refractivity contribution is 0.372. The molecule has 3 atom stereocenters. The molecule has 0 aromatic heterocycles. The highest BCUT2D eigenvalue weighted by Crippen LogP contribution is 2.42. The van der Waals surface area contributed by atoms with Gasteiger partial charge in [-0.25, -0.2) is 8.78 Å². The molecule has 1 aromatic rings. The zero-order valence-corrected chi connectivity index (χ0v) is 11.2. The van der Waals surface area contributed by atoms with Crippen LogP contribution in [0.15, 0.2) is 18.2 Å². The summed E-state index contributed by atoms with van der Waals surface area (Å²) in [7, 11) is 4.24. The number of benzene rings is 1. The second-order valence-corrected chi connectivity index (χ2v) is 6.00. The molecule has 0 saturated heterocycles. The Bertz CT molecular complexity index is 343. The quantitative estimate of drug-likeness (QED) is 0.706. The van der Waals surface area contributed by atoms with Crippen LogP contribution in [0.25, 0.3) is 0 Å². The third kappa shape index (κ3) is 3.20. The maximum atomic E-state index is 13.8. The van der Waals surface area contributed by atoms with Crippen molar-refractivity contribution in [2.45, 2.75) is 31.6 Å². The number of hydrogen-bond donors (Lipinski definition) is 0. The molecule has 0 fully saturated rings. The first-order chi connectivity index (χ1) is 6.86. The molecule has 3 unspecified atom stereocenters. The van der Waals surface area contributed by atoms with Crippen LogP contribution in [0.5, 0.6) is 0 Å². The lowest BCUT2D eigenvalue weighted by Crippen LogP contribution is -2.06. The molecule has 0 N–H and O–H groups in total. The molecule has 1 rings (SSSR count). The average Bonchev–Trinajstić information content (AvgIpc) is 2.15. The summed E-state index contributed by atoms with van der Waals surface area (Å²) in [5.74, 6) is 0. The van der Waals surface area contributed by atoms with Gasteiger partial charge in [0, 0.05) is 0 Å². The fraction of sp³-hybridized carbons (Fsp3) is 0.455. The lowest BCUT2D eigenvalue weighted by Gasteiger charge is -2.19. The monoisotopic (exact) mass is 248 g/mol. The van der Waals surface area contributed by atoms with E-state index in [-0.39, 0.29) is 0 Å². The number of alkyl halides is 2. The molecule has 0 aliphatic rings. The van der Waals surface area contributed by atoms with E-state index in [1.807, 2.05) is 6.92 Å². The van der Waals surface area contributed by atoms with Crippen molar-refractivity contribution in [3.8, 4) is 0 Å². The summed E-state index contributed by atoms with van der Waals surface area (Å²) in [6, 6.07) is 5.11. The van der Waals surface area contributed by atoms with Crippen LogP contribution in [0, 0.1) is 0 Å². The van der Waals surface area contributed by atoms with Crippen LogP contribution in [0.2, 0.25) is 0 Å². The van der Waals surface area contributed by atoms with Crippen molar-refractivity contribution >= 4 is 18.5 Å². The Morgan fingerprint density at radius 3 is 2.40 bits per heavy atom. The van der Waals surface area contributed by atoms with E-state index < -0.39 is 11.3 Å². The van der Waals surface area contributed by atoms with Crippen LogP contribution in [0.4, 0.5) is 8.78 Å². The van der Waals surface area contributed by atoms with Crippen molar-refractivity contribution in [2.75, 3.05) is 0 Å². The third-order valence-corrected chi connectivity index (χ3v) is 3.01. The number of hydrogen-bond acceptors (Lipinski definition) is 0. The Morgan fingerprint density at radius 1 is 1.40 bits per heavy atom. The summed E-state index contributed by atoms with van der Waals surface area (Å²) in [6.45, 7) is 3.41. The predicted molar refractivity (Wildman–Crippen MR) is 67.5 cm³/mol. The highest BCUT2D eigenvalue weighted by Gasteiger charge is 2.23. The lowest BCUT2D eigenvalue weighted by atomic mass is 10.0. The van der Waals surface area contributed by atoms with Crippen molar-refractivity contribution in [3.63, 3.8) is 0 Å². The molecule has 0 radical (unpaired) electrons. The largest absolute Gasteiger partial charge is 0.243 e. The van der Waals surface area contributed by atoms with E-state index in [2.05, 4.69) is 18.5 Å². The van der Waals surface area contributed by atoms with Gasteiger partial charge in [-0.3, -0.25) is 0 Å². The summed E-state index contributed by atoms with van der Waals surface area (Å²) in [5.41, 5.74) is 1.96. The van der Waals surface area contributed by atoms with Crippen LogP contribution in [-0.4, -0.2) is 0 Å². The van der Waals surface area contributed by atoms with E-state index in [9.17, 15) is 8.78 Å². The maximum Gasteiger partial charge on any atom is 0.160 e. The molecule has 84 valence electrons. The van der Waals surface area contributed by atoms with Crippen LogP contribution >= 0.6 is 18.5 Å². The molecule has 0 aliphatic carbocycles. The number of rotatable bonds is 3. The maximum absolute atomic E-state index is 13.8. The molecule has 0 amide bonds. The fourth-order valence-corrected chi connectivity index (χ4v) is 2.04. The minimum Gasteiger partial charge on any atom is -0.243 e. The van der Waals surface area contributed by atoms with E-state index in [0.29, 0.717) is 11.1 Å². The van der Waals surface area contributed by atoms with Gasteiger partial charge >= 0.3 is 0 Å². The molecule has 15 heavy (non-hydrogen) atoms. The second kappa shape index (κ2) is 4.85. The normalized spacial score (nSPS) is 14.0. The molecular weight excluding hydrogens is 232 g/mol. The molecule has 4 heteroatoms. The van der Waals surface area contributed by atoms with Gasteiger partial charge in [-0.05, 0) is 36.1 Å².